The summed E-state index contributed by atoms with van der Waals surface area (Å²) < 4.78 is 94.0. The zero-order chi connectivity index (χ0) is 35.8. The van der Waals surface area contributed by atoms with E-state index in [-0.39, 0.29) is 31.3 Å². The molecule has 0 spiro atoms. The molecule has 12 heteroatoms. The van der Waals surface area contributed by atoms with Crippen LogP contribution in [0.4, 0.5) is 26.3 Å². The number of benzene rings is 1. The summed E-state index contributed by atoms with van der Waals surface area (Å²) in [5.41, 5.74) is 3.70. The first kappa shape index (κ1) is 39.9. The third kappa shape index (κ3) is 11.6. The van der Waals surface area contributed by atoms with E-state index in [4.69, 9.17) is 4.74 Å². The van der Waals surface area contributed by atoms with Crippen LogP contribution in [-0.2, 0) is 14.3 Å². The fraction of sp³-hybridized carbons (Fsp3) is 0.649. The SMILES string of the molecule is CCOC(=O)C(c1cccc(C)c1C1CCC(OC(F)(F)F)CC1)N(C)CC[C@H](CCN1CCCCC1)C1=CC(C(F)(F)F)=C[I-]C=C1C. The van der Waals surface area contributed by atoms with E-state index >= 15 is 0 Å². The second-order valence-electron chi connectivity index (χ2n) is 13.5. The average Bonchev–Trinajstić information content (AvgIpc) is 3.23. The number of esters is 1. The first-order valence-corrected chi connectivity index (χ1v) is 19.9. The summed E-state index contributed by atoms with van der Waals surface area (Å²) in [6, 6.07) is 4.96. The van der Waals surface area contributed by atoms with Crippen molar-refractivity contribution in [1.29, 1.82) is 0 Å². The molecule has 1 aliphatic carbocycles. The molecule has 0 aromatic heterocycles. The number of hydrogen-bond donors (Lipinski definition) is 0. The monoisotopic (exact) mass is 811 g/mol. The Morgan fingerprint density at radius 2 is 1.69 bits per heavy atom. The van der Waals surface area contributed by atoms with E-state index < -0.39 is 57.4 Å². The number of nitrogens with zero attached hydrogens (tertiary/aromatic N) is 2. The van der Waals surface area contributed by atoms with Crippen LogP contribution >= 0.6 is 0 Å². The third-order valence-electron chi connectivity index (χ3n) is 10.00. The van der Waals surface area contributed by atoms with Crippen molar-refractivity contribution in [2.75, 3.05) is 39.8 Å². The van der Waals surface area contributed by atoms with Crippen molar-refractivity contribution in [2.24, 2.45) is 5.92 Å². The molecular formula is C37H50F6IN2O3-. The molecule has 1 unspecified atom stereocenters. The summed E-state index contributed by atoms with van der Waals surface area (Å²) in [5, 5.41) is 0. The molecule has 2 aliphatic heterocycles. The van der Waals surface area contributed by atoms with Gasteiger partial charge in [-0.2, -0.15) is 0 Å². The van der Waals surface area contributed by atoms with Crippen LogP contribution in [-0.4, -0.2) is 74.2 Å². The molecule has 2 heterocycles. The van der Waals surface area contributed by atoms with Gasteiger partial charge in [0.05, 0.1) is 6.10 Å². The predicted octanol–water partition coefficient (Wildman–Crippen LogP) is 6.35. The summed E-state index contributed by atoms with van der Waals surface area (Å²) in [6.07, 6.45) is -2.45. The zero-order valence-electron chi connectivity index (χ0n) is 28.9. The van der Waals surface area contributed by atoms with Gasteiger partial charge in [0.1, 0.15) is 0 Å². The molecule has 0 radical (unpaired) electrons. The van der Waals surface area contributed by atoms with Gasteiger partial charge >= 0.3 is 261 Å². The molecule has 0 bridgehead atoms. The van der Waals surface area contributed by atoms with Gasteiger partial charge in [0, 0.05) is 0 Å². The average molecular weight is 812 g/mol. The minimum absolute atomic E-state index is 0.0493. The summed E-state index contributed by atoms with van der Waals surface area (Å²) >= 11 is -0.878. The number of halogens is 7. The minimum atomic E-state index is -4.68. The Balaban J connectivity index is 1.61. The molecular weight excluding hydrogens is 761 g/mol. The van der Waals surface area contributed by atoms with E-state index in [2.05, 4.69) is 9.64 Å². The molecule has 1 aromatic rings. The van der Waals surface area contributed by atoms with Crippen LogP contribution in [0.3, 0.4) is 0 Å². The van der Waals surface area contributed by atoms with Crippen LogP contribution in [0.1, 0.15) is 100 Å². The maximum absolute atomic E-state index is 14.0. The fourth-order valence-corrected chi connectivity index (χ4v) is 9.54. The molecule has 4 rings (SSSR count). The number of piperidine rings is 1. The Kier molecular flexibility index (Phi) is 14.7. The Morgan fingerprint density at radius 3 is 2.33 bits per heavy atom. The van der Waals surface area contributed by atoms with Gasteiger partial charge in [-0.3, -0.25) is 4.74 Å². The van der Waals surface area contributed by atoms with Gasteiger partial charge in [-0.05, 0) is 12.8 Å². The number of alkyl halides is 6. The van der Waals surface area contributed by atoms with E-state index in [9.17, 15) is 31.1 Å². The molecule has 0 N–H and O–H groups in total. The summed E-state index contributed by atoms with van der Waals surface area (Å²) in [5.74, 6) is -0.628. The molecule has 2 atom stereocenters. The normalized spacial score (nSPS) is 22.7. The van der Waals surface area contributed by atoms with Crippen LogP contribution in [0.15, 0.2) is 49.2 Å². The van der Waals surface area contributed by atoms with Crippen molar-refractivity contribution < 1.29 is 61.8 Å². The number of likely N-dealkylation sites (tertiary alicyclic amines) is 1. The molecule has 0 amide bonds. The first-order valence-electron chi connectivity index (χ1n) is 17.4. The van der Waals surface area contributed by atoms with E-state index in [0.29, 0.717) is 37.8 Å². The Bertz CT molecular complexity index is 1340. The zero-order valence-corrected chi connectivity index (χ0v) is 31.1. The van der Waals surface area contributed by atoms with Crippen LogP contribution in [0.25, 0.3) is 0 Å². The Labute approximate surface area is 297 Å². The topological polar surface area (TPSA) is 42.0 Å². The predicted molar refractivity (Wildman–Crippen MR) is 174 cm³/mol. The van der Waals surface area contributed by atoms with Crippen molar-refractivity contribution in [3.05, 3.63) is 65.9 Å². The molecule has 1 aromatic carbocycles. The van der Waals surface area contributed by atoms with E-state index in [1.54, 1.807) is 6.92 Å². The maximum atomic E-state index is 14.0. The molecule has 3 aliphatic rings. The number of aryl methyl sites for hydroxylation is 1. The number of likely N-dealkylation sites (N-methyl/N-ethyl adjacent to an activating group) is 1. The number of hydrogen-bond acceptors (Lipinski definition) is 5. The Hall–Kier alpha value is -1.90. The number of rotatable bonds is 13. The summed E-state index contributed by atoms with van der Waals surface area (Å²) in [7, 11) is 1.85. The van der Waals surface area contributed by atoms with Gasteiger partial charge in [0.15, 0.2) is 0 Å². The van der Waals surface area contributed by atoms with Gasteiger partial charge in [-0.15, -0.1) is 13.2 Å². The molecule has 49 heavy (non-hydrogen) atoms. The van der Waals surface area contributed by atoms with Crippen molar-refractivity contribution in [1.82, 2.24) is 9.80 Å². The van der Waals surface area contributed by atoms with Gasteiger partial charge in [-0.25, -0.2) is 0 Å². The quantitative estimate of drug-likeness (QED) is 0.132. The number of allylic oxidation sites excluding steroid dienone is 4. The second-order valence-corrected chi connectivity index (χ2v) is 15.5. The van der Waals surface area contributed by atoms with Crippen LogP contribution in [0.2, 0.25) is 0 Å². The first-order chi connectivity index (χ1) is 23.2. The van der Waals surface area contributed by atoms with Crippen LogP contribution in [0, 0.1) is 12.8 Å². The second kappa shape index (κ2) is 18.0. The molecule has 5 nitrogen and oxygen atoms in total. The van der Waals surface area contributed by atoms with E-state index in [1.807, 2.05) is 48.1 Å². The number of carbonyl (C=O) groups is 1. The fourth-order valence-electron chi connectivity index (χ4n) is 7.54. The third-order valence-corrected chi connectivity index (χ3v) is 12.3. The van der Waals surface area contributed by atoms with Crippen LogP contribution < -0.4 is 21.2 Å². The van der Waals surface area contributed by atoms with Crippen molar-refractivity contribution in [3.63, 3.8) is 0 Å². The van der Waals surface area contributed by atoms with E-state index in [0.717, 1.165) is 54.7 Å². The summed E-state index contributed by atoms with van der Waals surface area (Å²) in [4.78, 5) is 18.0. The number of carbonyl (C=O) groups excluding carboxylic acids is 1. The number of ether oxygens (including phenoxy) is 2. The van der Waals surface area contributed by atoms with Crippen molar-refractivity contribution >= 4 is 5.97 Å². The van der Waals surface area contributed by atoms with Gasteiger partial charge in [-0.1, -0.05) is 0 Å². The molecule has 1 saturated carbocycles. The van der Waals surface area contributed by atoms with Crippen molar-refractivity contribution in [3.8, 4) is 0 Å². The van der Waals surface area contributed by atoms with Gasteiger partial charge < -0.3 is 0 Å². The van der Waals surface area contributed by atoms with Gasteiger partial charge in [0.2, 0.25) is 0 Å². The van der Waals surface area contributed by atoms with Crippen molar-refractivity contribution in [2.45, 2.75) is 109 Å². The van der Waals surface area contributed by atoms with E-state index in [1.165, 1.54) is 16.6 Å². The summed E-state index contributed by atoms with van der Waals surface area (Å²) in [6.45, 7) is 8.99. The van der Waals surface area contributed by atoms with Crippen LogP contribution in [0.5, 0.6) is 0 Å². The molecule has 1 saturated heterocycles. The standard InChI is InChI=1S/C37H50F6IN2O3/c1-5-48-35(47)34(31-11-9-10-25(2)33(31)28-12-14-30(15-13-28)49-37(41,42)43)45(4)20-16-27(17-21-46-18-7-6-8-19-46)32-22-29(36(38,39)40)24-44-23-26(32)3/h9-11,22-24,27-28,30,34H,5-8,12-21H2,1-4H3/q-1/t27-,28?,30?,34?/m1/s1. The van der Waals surface area contributed by atoms with Gasteiger partial charge in [0.25, 0.3) is 0 Å². The molecule has 276 valence electrons. The Morgan fingerprint density at radius 1 is 1.00 bits per heavy atom. The molecule has 2 fully saturated rings.